The number of carbonyl (C=O) groups is 2. The summed E-state index contributed by atoms with van der Waals surface area (Å²) in [4.78, 5) is 46.2. The molecule has 1 spiro atoms. The summed E-state index contributed by atoms with van der Waals surface area (Å²) in [5.74, 6) is -0.610. The fourth-order valence-electron chi connectivity index (χ4n) is 10.1. The average Bonchev–Trinajstić information content (AvgIpc) is 4.06. The van der Waals surface area contributed by atoms with Crippen LogP contribution in [0.15, 0.2) is 53.6 Å². The molecule has 4 aliphatic rings. The number of hydrogen-bond donors (Lipinski definition) is 2. The number of nitrogens with zero attached hydrogens (tertiary/aromatic N) is 8. The zero-order valence-electron chi connectivity index (χ0n) is 36.0. The van der Waals surface area contributed by atoms with Crippen LogP contribution in [-0.4, -0.2) is 92.0 Å². The molecule has 0 radical (unpaired) electrons. The molecule has 1 atom stereocenters. The largest absolute Gasteiger partial charge is 0.453 e. The van der Waals surface area contributed by atoms with Crippen LogP contribution in [0.25, 0.3) is 21.8 Å². The van der Waals surface area contributed by atoms with Crippen LogP contribution in [0.5, 0.6) is 11.5 Å². The van der Waals surface area contributed by atoms with Gasteiger partial charge in [0.05, 0.1) is 46.7 Å². The van der Waals surface area contributed by atoms with Gasteiger partial charge in [-0.3, -0.25) is 29.1 Å². The number of benzene rings is 3. The molecule has 1 unspecified atom stereocenters. The van der Waals surface area contributed by atoms with Gasteiger partial charge in [-0.05, 0) is 118 Å². The first-order valence-electron chi connectivity index (χ1n) is 22.2. The predicted octanol–water partition coefficient (Wildman–Crippen LogP) is 7.90. The first-order chi connectivity index (χ1) is 31.1. The van der Waals surface area contributed by atoms with Crippen molar-refractivity contribution < 1.29 is 27.8 Å². The zero-order valence-corrected chi connectivity index (χ0v) is 36.8. The number of likely N-dealkylation sites (tertiary alicyclic amines) is 1. The second-order valence-electron chi connectivity index (χ2n) is 17.4. The normalized spacial score (nSPS) is 21.3. The van der Waals surface area contributed by atoms with E-state index >= 15 is 8.78 Å². The van der Waals surface area contributed by atoms with E-state index in [9.17, 15) is 19.6 Å². The second kappa shape index (κ2) is 18.5. The highest BCUT2D eigenvalue weighted by Crippen LogP contribution is 2.44. The number of urea groups is 1. The van der Waals surface area contributed by atoms with E-state index < -0.39 is 11.8 Å². The standard InChI is InChI=1S/C46H52F2N10O5S/c1-3-16-57(45(61)51-28-59)43-35-22-38(48)33(23-41(35)54(2)52-43)29-6-8-30(9-7-29)55-19-14-46(15-20-55)24-31(26-62-46)58-27-50-39-12-10-32(21-34(39)44(58)60)63-42-36(25-49)40(13-11-37(42)47)53-64-56-17-4-5-18-56/h10-13,21-23,27-31,53H,3-9,14-20,24,26H2,1-2H3,(H,51,59,61). The molecule has 2 aromatic heterocycles. The molecule has 64 heavy (non-hydrogen) atoms. The van der Waals surface area contributed by atoms with Gasteiger partial charge in [-0.1, -0.05) is 6.92 Å². The van der Waals surface area contributed by atoms with Crippen molar-refractivity contribution in [2.75, 3.05) is 49.0 Å². The van der Waals surface area contributed by atoms with Crippen LogP contribution in [0, 0.1) is 23.0 Å². The van der Waals surface area contributed by atoms with E-state index in [4.69, 9.17) is 9.47 Å². The van der Waals surface area contributed by atoms with Crippen molar-refractivity contribution in [3.8, 4) is 17.6 Å². The van der Waals surface area contributed by atoms with Crippen LogP contribution >= 0.6 is 12.1 Å². The van der Waals surface area contributed by atoms with E-state index in [0.717, 1.165) is 83.1 Å². The SMILES string of the molecule is CCCN(C(=O)NC=O)c1nn(C)c2cc(C3CCC(N4CCC5(CC4)CC(n4cnc6ccc(Oc7c(F)ccc(NSN8CCCC8)c7C#N)cc6c4=O)CO5)CC3)c(F)cc12. The minimum absolute atomic E-state index is 0.0363. The topological polar surface area (TPSA) is 163 Å². The third kappa shape index (κ3) is 8.53. The Bertz CT molecular complexity index is 2670. The van der Waals surface area contributed by atoms with E-state index in [-0.39, 0.29) is 46.0 Å². The van der Waals surface area contributed by atoms with Crippen LogP contribution in [0.4, 0.5) is 25.1 Å². The van der Waals surface area contributed by atoms with E-state index in [0.29, 0.717) is 71.8 Å². The lowest BCUT2D eigenvalue weighted by molar-refractivity contribution is -0.108. The summed E-state index contributed by atoms with van der Waals surface area (Å²) in [5.41, 5.74) is 1.76. The highest BCUT2D eigenvalue weighted by molar-refractivity contribution is 7.98. The Hall–Kier alpha value is -5.61. The first-order valence-corrected chi connectivity index (χ1v) is 23.0. The Balaban J connectivity index is 0.824. The van der Waals surface area contributed by atoms with Crippen molar-refractivity contribution in [1.29, 1.82) is 5.26 Å². The van der Waals surface area contributed by atoms with Gasteiger partial charge in [0, 0.05) is 63.3 Å². The van der Waals surface area contributed by atoms with Crippen LogP contribution in [0.3, 0.4) is 0 Å². The fourth-order valence-corrected chi connectivity index (χ4v) is 11.0. The Labute approximate surface area is 373 Å². The molecule has 9 rings (SSSR count). The molecule has 3 aliphatic heterocycles. The van der Waals surface area contributed by atoms with Crippen LogP contribution in [0.2, 0.25) is 0 Å². The average molecular weight is 895 g/mol. The lowest BCUT2D eigenvalue weighted by atomic mass is 9.79. The summed E-state index contributed by atoms with van der Waals surface area (Å²) in [6.45, 7) is 6.22. The number of anilines is 2. The molecule has 1 aliphatic carbocycles. The van der Waals surface area contributed by atoms with Crippen molar-refractivity contribution in [3.05, 3.63) is 81.9 Å². The zero-order chi connectivity index (χ0) is 44.5. The molecule has 3 amide bonds. The van der Waals surface area contributed by atoms with Crippen molar-refractivity contribution in [2.45, 2.75) is 94.7 Å². The molecule has 3 aromatic carbocycles. The van der Waals surface area contributed by atoms with Crippen molar-refractivity contribution in [2.24, 2.45) is 7.05 Å². The van der Waals surface area contributed by atoms with Gasteiger partial charge in [0.15, 0.2) is 17.4 Å². The first kappa shape index (κ1) is 43.6. The number of amides is 3. The molecule has 18 heteroatoms. The quantitative estimate of drug-likeness (QED) is 0.0922. The number of nitrogens with one attached hydrogen (secondary N) is 2. The van der Waals surface area contributed by atoms with Crippen LogP contribution in [0.1, 0.15) is 94.2 Å². The number of aryl methyl sites for hydroxylation is 1. The Morgan fingerprint density at radius 1 is 1.05 bits per heavy atom. The monoisotopic (exact) mass is 894 g/mol. The Morgan fingerprint density at radius 2 is 1.83 bits per heavy atom. The number of hydrogen-bond acceptors (Lipinski definition) is 12. The number of piperidine rings is 1. The highest BCUT2D eigenvalue weighted by Gasteiger charge is 2.45. The minimum Gasteiger partial charge on any atom is -0.453 e. The molecule has 336 valence electrons. The number of nitriles is 1. The second-order valence-corrected chi connectivity index (χ2v) is 18.3. The molecular formula is C46H52F2N10O5S. The third-order valence-corrected chi connectivity index (χ3v) is 14.5. The van der Waals surface area contributed by atoms with Crippen LogP contribution in [-0.2, 0) is 16.6 Å². The number of fused-ring (bicyclic) bond motifs is 2. The lowest BCUT2D eigenvalue weighted by Gasteiger charge is -2.44. The molecule has 5 heterocycles. The summed E-state index contributed by atoms with van der Waals surface area (Å²) in [5, 5.41) is 17.6. The van der Waals surface area contributed by atoms with Gasteiger partial charge in [0.25, 0.3) is 5.56 Å². The number of imide groups is 1. The maximum atomic E-state index is 15.9. The molecule has 2 N–H and O–H groups in total. The molecule has 4 fully saturated rings. The van der Waals surface area contributed by atoms with Gasteiger partial charge in [-0.25, -0.2) is 22.9 Å². The number of carbonyl (C=O) groups excluding carboxylic acids is 2. The lowest BCUT2D eigenvalue weighted by Crippen LogP contribution is -2.49. The van der Waals surface area contributed by atoms with Gasteiger partial charge >= 0.3 is 6.03 Å². The summed E-state index contributed by atoms with van der Waals surface area (Å²) in [6, 6.07) is 12.6. The summed E-state index contributed by atoms with van der Waals surface area (Å²) >= 11 is 1.39. The van der Waals surface area contributed by atoms with Crippen molar-refractivity contribution in [3.63, 3.8) is 0 Å². The smallest absolute Gasteiger partial charge is 0.329 e. The molecule has 1 saturated carbocycles. The van der Waals surface area contributed by atoms with E-state index in [1.165, 1.54) is 35.2 Å². The van der Waals surface area contributed by atoms with Gasteiger partial charge < -0.3 is 19.1 Å². The summed E-state index contributed by atoms with van der Waals surface area (Å²) < 4.78 is 52.2. The van der Waals surface area contributed by atoms with Crippen molar-refractivity contribution in [1.82, 2.24) is 33.9 Å². The number of aromatic nitrogens is 4. The number of halogens is 2. The summed E-state index contributed by atoms with van der Waals surface area (Å²) in [7, 11) is 1.78. The predicted molar refractivity (Wildman–Crippen MR) is 240 cm³/mol. The van der Waals surface area contributed by atoms with Crippen LogP contribution < -0.4 is 25.2 Å². The maximum absolute atomic E-state index is 15.9. The maximum Gasteiger partial charge on any atom is 0.329 e. The fraction of sp³-hybridized carbons (Fsp3) is 0.478. The van der Waals surface area contributed by atoms with Crippen molar-refractivity contribution >= 4 is 57.9 Å². The van der Waals surface area contributed by atoms with Gasteiger partial charge in [0.2, 0.25) is 6.41 Å². The van der Waals surface area contributed by atoms with E-state index in [2.05, 4.69) is 35.4 Å². The molecule has 3 saturated heterocycles. The minimum atomic E-state index is -0.684. The van der Waals surface area contributed by atoms with Gasteiger partial charge in [-0.15, -0.1) is 0 Å². The van der Waals surface area contributed by atoms with Gasteiger partial charge in [0.1, 0.15) is 23.2 Å². The third-order valence-electron chi connectivity index (χ3n) is 13.6. The highest BCUT2D eigenvalue weighted by atomic mass is 32.2. The Kier molecular flexibility index (Phi) is 12.6. The molecule has 15 nitrogen and oxygen atoms in total. The Morgan fingerprint density at radius 3 is 2.56 bits per heavy atom. The van der Waals surface area contributed by atoms with E-state index in [1.807, 2.05) is 13.0 Å². The van der Waals surface area contributed by atoms with E-state index in [1.54, 1.807) is 40.8 Å². The number of ether oxygens (including phenoxy) is 2. The molecule has 5 aromatic rings. The molecule has 0 bridgehead atoms. The number of rotatable bonds is 12. The van der Waals surface area contributed by atoms with Gasteiger partial charge in [-0.2, -0.15) is 10.4 Å². The summed E-state index contributed by atoms with van der Waals surface area (Å²) in [6.07, 6.45) is 10.7. The molecular weight excluding hydrogens is 843 g/mol.